The summed E-state index contributed by atoms with van der Waals surface area (Å²) in [5, 5.41) is 6.70. The molecule has 0 saturated heterocycles. The van der Waals surface area contributed by atoms with Crippen LogP contribution in [-0.4, -0.2) is 28.5 Å². The summed E-state index contributed by atoms with van der Waals surface area (Å²) in [7, 11) is 4.05. The van der Waals surface area contributed by atoms with E-state index in [0.29, 0.717) is 15.9 Å². The Bertz CT molecular complexity index is 209. The highest BCUT2D eigenvalue weighted by atomic mass is 127. The summed E-state index contributed by atoms with van der Waals surface area (Å²) in [6.45, 7) is 6.76. The van der Waals surface area contributed by atoms with Crippen LogP contribution in [0, 0.1) is 5.92 Å². The summed E-state index contributed by atoms with van der Waals surface area (Å²) in [5.74, 6) is 0.652. The van der Waals surface area contributed by atoms with E-state index in [1.54, 1.807) is 0 Å². The summed E-state index contributed by atoms with van der Waals surface area (Å²) in [6, 6.07) is 0.539. The van der Waals surface area contributed by atoms with Crippen molar-refractivity contribution in [3.63, 3.8) is 0 Å². The van der Waals surface area contributed by atoms with Crippen LogP contribution in [0.25, 0.3) is 0 Å². The molecule has 0 radical (unpaired) electrons. The fourth-order valence-electron chi connectivity index (χ4n) is 1.62. The molecule has 0 fully saturated rings. The van der Waals surface area contributed by atoms with Gasteiger partial charge in [-0.1, -0.05) is 59.0 Å². The second-order valence-corrected chi connectivity index (χ2v) is 6.11. The number of hydrogen-bond donors (Lipinski definition) is 2. The molecule has 90 valence electrons. The van der Waals surface area contributed by atoms with Crippen molar-refractivity contribution in [3.8, 4) is 0 Å². The maximum Gasteiger partial charge on any atom is 0.0491 e. The Labute approximate surface area is 121 Å². The molecule has 2 unspecified atom stereocenters. The van der Waals surface area contributed by atoms with Crippen molar-refractivity contribution < 1.29 is 0 Å². The molecular weight excluding hydrogens is 414 g/mol. The van der Waals surface area contributed by atoms with Gasteiger partial charge in [0.05, 0.1) is 0 Å². The minimum atomic E-state index is 0.539. The Balaban J connectivity index is 4.80. The van der Waals surface area contributed by atoms with Crippen molar-refractivity contribution in [2.45, 2.75) is 30.7 Å². The number of rotatable bonds is 6. The van der Waals surface area contributed by atoms with Gasteiger partial charge in [-0.05, 0) is 25.5 Å². The highest BCUT2D eigenvalue weighted by molar-refractivity contribution is 14.1. The first kappa shape index (κ1) is 16.0. The van der Waals surface area contributed by atoms with Crippen LogP contribution in [0.4, 0.5) is 0 Å². The Morgan fingerprint density at radius 3 is 2.07 bits per heavy atom. The summed E-state index contributed by atoms with van der Waals surface area (Å²) in [4.78, 5) is 0. The molecule has 15 heavy (non-hydrogen) atoms. The molecule has 0 aromatic heterocycles. The van der Waals surface area contributed by atoms with Crippen LogP contribution in [0.3, 0.4) is 0 Å². The number of alkyl halides is 2. The van der Waals surface area contributed by atoms with Crippen molar-refractivity contribution in [3.05, 3.63) is 11.3 Å². The summed E-state index contributed by atoms with van der Waals surface area (Å²) in [6.07, 6.45) is 0. The van der Waals surface area contributed by atoms with Gasteiger partial charge in [-0.25, -0.2) is 0 Å². The second-order valence-electron chi connectivity index (χ2n) is 4.01. The number of halogens is 2. The Kier molecular flexibility index (Phi) is 8.63. The van der Waals surface area contributed by atoms with E-state index in [1.807, 2.05) is 14.1 Å². The van der Waals surface area contributed by atoms with Gasteiger partial charge in [0.25, 0.3) is 0 Å². The smallest absolute Gasteiger partial charge is 0.0491 e. The molecule has 0 aromatic carbocycles. The van der Waals surface area contributed by atoms with E-state index in [1.165, 1.54) is 11.3 Å². The third-order valence-electron chi connectivity index (χ3n) is 2.69. The zero-order valence-corrected chi connectivity index (χ0v) is 14.5. The van der Waals surface area contributed by atoms with Crippen LogP contribution in [0.5, 0.6) is 0 Å². The molecular formula is C11H22I2N2. The van der Waals surface area contributed by atoms with Gasteiger partial charge < -0.3 is 10.6 Å². The number of nitrogens with one attached hydrogen (secondary N) is 2. The van der Waals surface area contributed by atoms with E-state index in [9.17, 15) is 0 Å². The van der Waals surface area contributed by atoms with Gasteiger partial charge in [-0.15, -0.1) is 0 Å². The normalized spacial score (nSPS) is 17.3. The monoisotopic (exact) mass is 436 g/mol. The predicted molar refractivity (Wildman–Crippen MR) is 86.1 cm³/mol. The lowest BCUT2D eigenvalue weighted by Gasteiger charge is -2.27. The largest absolute Gasteiger partial charge is 0.391 e. The minimum absolute atomic E-state index is 0.539. The zero-order chi connectivity index (χ0) is 12.0. The average Bonchev–Trinajstić information content (AvgIpc) is 2.19. The average molecular weight is 436 g/mol. The van der Waals surface area contributed by atoms with E-state index in [-0.39, 0.29) is 0 Å². The SMILES string of the molecule is CN/C(CI)=C(/C)C(I)C(NC)C(C)C. The van der Waals surface area contributed by atoms with Crippen molar-refractivity contribution in [2.75, 3.05) is 18.5 Å². The standard InChI is InChI=1S/C11H22I2N2/c1-7(2)11(15-5)10(13)8(3)9(6-12)14-4/h7,10-11,14-15H,6H2,1-5H3/b9-8-. The highest BCUT2D eigenvalue weighted by Crippen LogP contribution is 2.24. The predicted octanol–water partition coefficient (Wildman–Crippen LogP) is 2.96. The number of allylic oxidation sites excluding steroid dienone is 1. The molecule has 2 atom stereocenters. The third kappa shape index (κ3) is 4.77. The van der Waals surface area contributed by atoms with Gasteiger partial charge in [0, 0.05) is 27.1 Å². The maximum atomic E-state index is 3.41. The Hall–Kier alpha value is 0.960. The molecule has 4 heteroatoms. The van der Waals surface area contributed by atoms with Crippen LogP contribution in [-0.2, 0) is 0 Å². The van der Waals surface area contributed by atoms with Gasteiger partial charge in [-0.3, -0.25) is 0 Å². The van der Waals surface area contributed by atoms with Crippen molar-refractivity contribution in [2.24, 2.45) is 5.92 Å². The summed E-state index contributed by atoms with van der Waals surface area (Å²) in [5.41, 5.74) is 2.82. The van der Waals surface area contributed by atoms with Crippen LogP contribution in [0.1, 0.15) is 20.8 Å². The number of hydrogen-bond acceptors (Lipinski definition) is 2. The van der Waals surface area contributed by atoms with Crippen LogP contribution < -0.4 is 10.6 Å². The first-order chi connectivity index (χ1) is 6.99. The van der Waals surface area contributed by atoms with E-state index in [0.717, 1.165) is 4.43 Å². The molecule has 0 spiro atoms. The lowest BCUT2D eigenvalue weighted by Crippen LogP contribution is -2.40. The van der Waals surface area contributed by atoms with Crippen molar-refractivity contribution >= 4 is 45.2 Å². The first-order valence-corrected chi connectivity index (χ1v) is 8.01. The van der Waals surface area contributed by atoms with Crippen LogP contribution in [0.15, 0.2) is 11.3 Å². The topological polar surface area (TPSA) is 24.1 Å². The quantitative estimate of drug-likeness (QED) is 0.495. The van der Waals surface area contributed by atoms with Crippen molar-refractivity contribution in [1.29, 1.82) is 0 Å². The van der Waals surface area contributed by atoms with Crippen molar-refractivity contribution in [1.82, 2.24) is 10.6 Å². The molecule has 0 aliphatic heterocycles. The summed E-state index contributed by atoms with van der Waals surface area (Å²) < 4.78 is 1.60. The third-order valence-corrected chi connectivity index (χ3v) is 5.16. The molecule has 0 aliphatic carbocycles. The molecule has 0 aliphatic rings. The van der Waals surface area contributed by atoms with Gasteiger partial charge in [-0.2, -0.15) is 0 Å². The van der Waals surface area contributed by atoms with Gasteiger partial charge >= 0.3 is 0 Å². The van der Waals surface area contributed by atoms with Gasteiger partial charge in [0.2, 0.25) is 0 Å². The molecule has 0 aromatic rings. The second kappa shape index (κ2) is 8.11. The lowest BCUT2D eigenvalue weighted by atomic mass is 9.96. The molecule has 0 heterocycles. The lowest BCUT2D eigenvalue weighted by molar-refractivity contribution is 0.437. The Morgan fingerprint density at radius 2 is 1.80 bits per heavy atom. The van der Waals surface area contributed by atoms with E-state index < -0.39 is 0 Å². The summed E-state index contributed by atoms with van der Waals surface area (Å²) >= 11 is 4.95. The highest BCUT2D eigenvalue weighted by Gasteiger charge is 2.23. The van der Waals surface area contributed by atoms with E-state index in [4.69, 9.17) is 0 Å². The van der Waals surface area contributed by atoms with Crippen LogP contribution >= 0.6 is 45.2 Å². The van der Waals surface area contributed by atoms with Gasteiger partial charge in [0.15, 0.2) is 0 Å². The molecule has 0 bridgehead atoms. The van der Waals surface area contributed by atoms with Gasteiger partial charge in [0.1, 0.15) is 0 Å². The van der Waals surface area contributed by atoms with Crippen LogP contribution in [0.2, 0.25) is 0 Å². The first-order valence-electron chi connectivity index (χ1n) is 5.24. The molecule has 0 rings (SSSR count). The maximum absolute atomic E-state index is 3.41. The van der Waals surface area contributed by atoms with E-state index >= 15 is 0 Å². The minimum Gasteiger partial charge on any atom is -0.391 e. The molecule has 0 amide bonds. The fourth-order valence-corrected chi connectivity index (χ4v) is 4.17. The van der Waals surface area contributed by atoms with E-state index in [2.05, 4.69) is 76.6 Å². The molecule has 0 saturated carbocycles. The Morgan fingerprint density at radius 1 is 1.27 bits per heavy atom. The fraction of sp³-hybridized carbons (Fsp3) is 0.818. The molecule has 2 N–H and O–H groups in total. The molecule has 2 nitrogen and oxygen atoms in total. The zero-order valence-electron chi connectivity index (χ0n) is 10.2.